The third-order valence-electron chi connectivity index (χ3n) is 2.89. The van der Waals surface area contributed by atoms with Crippen molar-refractivity contribution >= 4 is 11.1 Å². The van der Waals surface area contributed by atoms with Gasteiger partial charge in [-0.25, -0.2) is 4.98 Å². The van der Waals surface area contributed by atoms with Crippen molar-refractivity contribution in [2.45, 2.75) is 12.8 Å². The van der Waals surface area contributed by atoms with Crippen molar-refractivity contribution in [1.29, 1.82) is 0 Å². The van der Waals surface area contributed by atoms with Gasteiger partial charge in [0.2, 0.25) is 0 Å². The lowest BCUT2D eigenvalue weighted by Crippen LogP contribution is -1.90. The van der Waals surface area contributed by atoms with E-state index in [9.17, 15) is 5.11 Å². The summed E-state index contributed by atoms with van der Waals surface area (Å²) < 4.78 is 5.62. The predicted molar refractivity (Wildman–Crippen MR) is 69.5 cm³/mol. The largest absolute Gasteiger partial charge is 0.508 e. The Balaban J connectivity index is 1.79. The summed E-state index contributed by atoms with van der Waals surface area (Å²) in [6, 6.07) is 15.2. The molecule has 0 saturated carbocycles. The first-order valence-corrected chi connectivity index (χ1v) is 5.93. The molecule has 0 aliphatic heterocycles. The molecule has 1 N–H and O–H groups in total. The van der Waals surface area contributed by atoms with Gasteiger partial charge in [0.15, 0.2) is 11.5 Å². The van der Waals surface area contributed by atoms with Crippen LogP contribution in [0.3, 0.4) is 0 Å². The Hall–Kier alpha value is -2.29. The SMILES string of the molecule is Oc1ccc2oc(CCc3ccccc3)nc2c1. The maximum absolute atomic E-state index is 9.37. The van der Waals surface area contributed by atoms with E-state index < -0.39 is 0 Å². The molecule has 2 aromatic carbocycles. The molecule has 0 saturated heterocycles. The van der Waals surface area contributed by atoms with E-state index >= 15 is 0 Å². The first-order valence-electron chi connectivity index (χ1n) is 5.93. The number of aromatic hydroxyl groups is 1. The quantitative estimate of drug-likeness (QED) is 0.762. The molecule has 0 radical (unpaired) electrons. The number of fused-ring (bicyclic) bond motifs is 1. The smallest absolute Gasteiger partial charge is 0.195 e. The second kappa shape index (κ2) is 4.53. The van der Waals surface area contributed by atoms with Crippen LogP contribution < -0.4 is 0 Å². The lowest BCUT2D eigenvalue weighted by molar-refractivity contribution is 0.475. The molecule has 3 heteroatoms. The van der Waals surface area contributed by atoms with Gasteiger partial charge < -0.3 is 9.52 Å². The first-order chi connectivity index (χ1) is 8.81. The molecule has 0 atom stereocenters. The van der Waals surface area contributed by atoms with Crippen LogP contribution in [-0.4, -0.2) is 10.1 Å². The number of nitrogens with zero attached hydrogens (tertiary/aromatic N) is 1. The Labute approximate surface area is 105 Å². The summed E-state index contributed by atoms with van der Waals surface area (Å²) in [5, 5.41) is 9.37. The van der Waals surface area contributed by atoms with Crippen molar-refractivity contribution in [2.75, 3.05) is 0 Å². The van der Waals surface area contributed by atoms with Gasteiger partial charge in [-0.3, -0.25) is 0 Å². The van der Waals surface area contributed by atoms with Gasteiger partial charge in [0.25, 0.3) is 0 Å². The van der Waals surface area contributed by atoms with Crippen LogP contribution in [0.5, 0.6) is 5.75 Å². The summed E-state index contributed by atoms with van der Waals surface area (Å²) in [4.78, 5) is 4.36. The maximum Gasteiger partial charge on any atom is 0.195 e. The van der Waals surface area contributed by atoms with E-state index in [1.165, 1.54) is 5.56 Å². The van der Waals surface area contributed by atoms with Crippen LogP contribution in [0.2, 0.25) is 0 Å². The van der Waals surface area contributed by atoms with E-state index in [0.717, 1.165) is 18.4 Å². The van der Waals surface area contributed by atoms with Crippen LogP contribution in [0, 0.1) is 0 Å². The third kappa shape index (κ3) is 2.20. The lowest BCUT2D eigenvalue weighted by atomic mass is 10.1. The molecule has 3 aromatic rings. The number of oxazole rings is 1. The van der Waals surface area contributed by atoms with Crippen LogP contribution in [0.1, 0.15) is 11.5 Å². The Morgan fingerprint density at radius 2 is 1.83 bits per heavy atom. The third-order valence-corrected chi connectivity index (χ3v) is 2.89. The van der Waals surface area contributed by atoms with Gasteiger partial charge in [0.1, 0.15) is 11.3 Å². The number of hydrogen-bond acceptors (Lipinski definition) is 3. The van der Waals surface area contributed by atoms with Crippen molar-refractivity contribution < 1.29 is 9.52 Å². The van der Waals surface area contributed by atoms with Crippen molar-refractivity contribution in [1.82, 2.24) is 4.98 Å². The summed E-state index contributed by atoms with van der Waals surface area (Å²) >= 11 is 0. The average molecular weight is 239 g/mol. The first kappa shape index (κ1) is 10.8. The van der Waals surface area contributed by atoms with Gasteiger partial charge in [-0.05, 0) is 24.1 Å². The van der Waals surface area contributed by atoms with E-state index in [0.29, 0.717) is 11.4 Å². The molecule has 1 aromatic heterocycles. The predicted octanol–water partition coefficient (Wildman–Crippen LogP) is 3.32. The van der Waals surface area contributed by atoms with Gasteiger partial charge in [0, 0.05) is 12.5 Å². The van der Waals surface area contributed by atoms with Gasteiger partial charge in [-0.15, -0.1) is 0 Å². The molecule has 3 nitrogen and oxygen atoms in total. The lowest BCUT2D eigenvalue weighted by Gasteiger charge is -1.96. The van der Waals surface area contributed by atoms with Crippen LogP contribution in [0.25, 0.3) is 11.1 Å². The van der Waals surface area contributed by atoms with Crippen molar-refractivity contribution in [2.24, 2.45) is 0 Å². The summed E-state index contributed by atoms with van der Waals surface area (Å²) in [6.07, 6.45) is 1.67. The second-order valence-corrected chi connectivity index (χ2v) is 4.25. The number of hydrogen-bond donors (Lipinski definition) is 1. The summed E-state index contributed by atoms with van der Waals surface area (Å²) in [5.41, 5.74) is 2.69. The van der Waals surface area contributed by atoms with Gasteiger partial charge >= 0.3 is 0 Å². The molecule has 90 valence electrons. The Morgan fingerprint density at radius 1 is 1.00 bits per heavy atom. The minimum atomic E-state index is 0.213. The highest BCUT2D eigenvalue weighted by molar-refractivity contribution is 5.74. The minimum absolute atomic E-state index is 0.213. The number of benzene rings is 2. The zero-order valence-corrected chi connectivity index (χ0v) is 9.84. The van der Waals surface area contributed by atoms with Crippen LogP contribution >= 0.6 is 0 Å². The van der Waals surface area contributed by atoms with Crippen LogP contribution in [-0.2, 0) is 12.8 Å². The fourth-order valence-electron chi connectivity index (χ4n) is 1.97. The number of phenolic OH excluding ortho intramolecular Hbond substituents is 1. The molecule has 18 heavy (non-hydrogen) atoms. The van der Waals surface area contributed by atoms with Crippen molar-refractivity contribution in [3.8, 4) is 5.75 Å². The molecular formula is C15H13NO2. The van der Waals surface area contributed by atoms with Gasteiger partial charge in [-0.1, -0.05) is 30.3 Å². The summed E-state index contributed by atoms with van der Waals surface area (Å²) in [5.74, 6) is 0.921. The van der Waals surface area contributed by atoms with E-state index in [4.69, 9.17) is 4.42 Å². The molecule has 0 bridgehead atoms. The normalized spacial score (nSPS) is 10.9. The second-order valence-electron chi connectivity index (χ2n) is 4.25. The Kier molecular flexibility index (Phi) is 2.73. The van der Waals surface area contributed by atoms with Crippen molar-refractivity contribution in [3.63, 3.8) is 0 Å². The molecule has 0 fully saturated rings. The van der Waals surface area contributed by atoms with Gasteiger partial charge in [0.05, 0.1) is 0 Å². The van der Waals surface area contributed by atoms with E-state index in [1.54, 1.807) is 18.2 Å². The number of aryl methyl sites for hydroxylation is 2. The number of aromatic nitrogens is 1. The number of phenols is 1. The molecule has 0 aliphatic carbocycles. The van der Waals surface area contributed by atoms with E-state index in [1.807, 2.05) is 18.2 Å². The fourth-order valence-corrected chi connectivity index (χ4v) is 1.97. The molecule has 3 rings (SSSR count). The van der Waals surface area contributed by atoms with Crippen LogP contribution in [0.4, 0.5) is 0 Å². The monoisotopic (exact) mass is 239 g/mol. The molecule has 1 heterocycles. The molecule has 0 aliphatic rings. The van der Waals surface area contributed by atoms with E-state index in [-0.39, 0.29) is 5.75 Å². The number of rotatable bonds is 3. The highest BCUT2D eigenvalue weighted by Crippen LogP contribution is 2.21. The standard InChI is InChI=1S/C15H13NO2/c17-12-7-8-14-13(10-12)16-15(18-14)9-6-11-4-2-1-3-5-11/h1-5,7-8,10,17H,6,9H2. The Bertz CT molecular complexity index is 659. The van der Waals surface area contributed by atoms with E-state index in [2.05, 4.69) is 17.1 Å². The highest BCUT2D eigenvalue weighted by atomic mass is 16.3. The zero-order valence-electron chi connectivity index (χ0n) is 9.84. The van der Waals surface area contributed by atoms with Crippen molar-refractivity contribution in [3.05, 3.63) is 60.0 Å². The molecule has 0 amide bonds. The average Bonchev–Trinajstić information content (AvgIpc) is 2.79. The Morgan fingerprint density at radius 3 is 2.67 bits per heavy atom. The van der Waals surface area contributed by atoms with Gasteiger partial charge in [-0.2, -0.15) is 0 Å². The molecular weight excluding hydrogens is 226 g/mol. The fraction of sp³-hybridized carbons (Fsp3) is 0.133. The summed E-state index contributed by atoms with van der Waals surface area (Å²) in [6.45, 7) is 0. The maximum atomic E-state index is 9.37. The molecule has 0 unspecified atom stereocenters. The zero-order chi connectivity index (χ0) is 12.4. The summed E-state index contributed by atoms with van der Waals surface area (Å²) in [7, 11) is 0. The molecule has 0 spiro atoms. The highest BCUT2D eigenvalue weighted by Gasteiger charge is 2.06. The van der Waals surface area contributed by atoms with Crippen LogP contribution in [0.15, 0.2) is 52.9 Å². The topological polar surface area (TPSA) is 46.3 Å². The minimum Gasteiger partial charge on any atom is -0.508 e.